The Balaban J connectivity index is 2.13. The number of fused-ring (bicyclic) bond motifs is 1. The molecule has 0 aromatic heterocycles. The number of hydrogen-bond donors (Lipinski definition) is 1. The Kier molecular flexibility index (Phi) is 4.69. The molecule has 0 bridgehead atoms. The van der Waals surface area contributed by atoms with Gasteiger partial charge in [0.2, 0.25) is 0 Å². The highest BCUT2D eigenvalue weighted by Crippen LogP contribution is 2.40. The van der Waals surface area contributed by atoms with Gasteiger partial charge in [0.05, 0.1) is 5.56 Å². The van der Waals surface area contributed by atoms with Gasteiger partial charge in [0, 0.05) is 5.41 Å². The Labute approximate surface area is 154 Å². The molecule has 0 fully saturated rings. The van der Waals surface area contributed by atoms with Crippen LogP contribution in [0.15, 0.2) is 72.8 Å². The average Bonchev–Trinajstić information content (AvgIpc) is 2.61. The minimum atomic E-state index is -0.899. The van der Waals surface area contributed by atoms with Crippen molar-refractivity contribution >= 4 is 16.7 Å². The van der Waals surface area contributed by atoms with E-state index in [9.17, 15) is 4.79 Å². The molecule has 0 radical (unpaired) electrons. The molecular weight excluding hydrogens is 320 g/mol. The van der Waals surface area contributed by atoms with Gasteiger partial charge in [-0.1, -0.05) is 67.6 Å². The maximum atomic E-state index is 11.1. The molecule has 3 aromatic carbocycles. The zero-order valence-electron chi connectivity index (χ0n) is 15.5. The van der Waals surface area contributed by atoms with Crippen LogP contribution in [-0.4, -0.2) is 11.1 Å². The average molecular weight is 344 g/mol. The standard InChI is InChI=1S/C24H24O2/c1-16(2)24(4,15-18-10-13-20(14-11-18)23(25)26)22-17(3)9-12-19-7-5-6-8-21(19)22/h5-14H,1,15H2,2-4H3,(H,25,26). The number of carboxylic acids is 1. The molecule has 1 unspecified atom stereocenters. The van der Waals surface area contributed by atoms with Gasteiger partial charge in [0.1, 0.15) is 0 Å². The Hall–Kier alpha value is -2.87. The summed E-state index contributed by atoms with van der Waals surface area (Å²) in [6.45, 7) is 10.8. The second kappa shape index (κ2) is 6.80. The molecule has 0 spiro atoms. The van der Waals surface area contributed by atoms with Gasteiger partial charge in [-0.25, -0.2) is 4.79 Å². The predicted molar refractivity (Wildman–Crippen MR) is 108 cm³/mol. The lowest BCUT2D eigenvalue weighted by Crippen LogP contribution is -2.27. The topological polar surface area (TPSA) is 37.3 Å². The number of aromatic carboxylic acids is 1. The van der Waals surface area contributed by atoms with Gasteiger partial charge < -0.3 is 5.11 Å². The van der Waals surface area contributed by atoms with Crippen LogP contribution >= 0.6 is 0 Å². The van der Waals surface area contributed by atoms with Gasteiger partial charge in [0.15, 0.2) is 0 Å². The first-order valence-corrected chi connectivity index (χ1v) is 8.80. The molecule has 0 saturated heterocycles. The smallest absolute Gasteiger partial charge is 0.335 e. The lowest BCUT2D eigenvalue weighted by Gasteiger charge is -2.34. The van der Waals surface area contributed by atoms with Crippen molar-refractivity contribution in [3.05, 3.63) is 95.1 Å². The van der Waals surface area contributed by atoms with Crippen molar-refractivity contribution in [1.29, 1.82) is 0 Å². The van der Waals surface area contributed by atoms with Gasteiger partial charge in [-0.3, -0.25) is 0 Å². The SMILES string of the molecule is C=C(C)C(C)(Cc1ccc(C(=O)O)cc1)c1c(C)ccc2ccccc12. The molecule has 0 aliphatic rings. The molecule has 0 aliphatic heterocycles. The fraction of sp³-hybridized carbons (Fsp3) is 0.208. The molecule has 1 atom stereocenters. The molecule has 0 heterocycles. The van der Waals surface area contributed by atoms with Crippen molar-refractivity contribution in [3.8, 4) is 0 Å². The van der Waals surface area contributed by atoms with E-state index < -0.39 is 5.97 Å². The monoisotopic (exact) mass is 344 g/mol. The number of carbonyl (C=O) groups is 1. The van der Waals surface area contributed by atoms with E-state index in [1.807, 2.05) is 12.1 Å². The summed E-state index contributed by atoms with van der Waals surface area (Å²) >= 11 is 0. The number of aryl methyl sites for hydroxylation is 1. The van der Waals surface area contributed by atoms with E-state index in [4.69, 9.17) is 5.11 Å². The maximum absolute atomic E-state index is 11.1. The molecular formula is C24H24O2. The maximum Gasteiger partial charge on any atom is 0.335 e. The zero-order valence-corrected chi connectivity index (χ0v) is 15.5. The summed E-state index contributed by atoms with van der Waals surface area (Å²) in [5, 5.41) is 11.6. The van der Waals surface area contributed by atoms with Crippen LogP contribution in [0.3, 0.4) is 0 Å². The highest BCUT2D eigenvalue weighted by Gasteiger charge is 2.31. The number of benzene rings is 3. The minimum Gasteiger partial charge on any atom is -0.478 e. The molecule has 0 amide bonds. The second-order valence-electron chi connectivity index (χ2n) is 7.27. The van der Waals surface area contributed by atoms with Crippen LogP contribution in [0.25, 0.3) is 10.8 Å². The van der Waals surface area contributed by atoms with E-state index >= 15 is 0 Å². The van der Waals surface area contributed by atoms with Crippen molar-refractivity contribution < 1.29 is 9.90 Å². The van der Waals surface area contributed by atoms with Gasteiger partial charge in [-0.2, -0.15) is 0 Å². The molecule has 3 rings (SSSR count). The molecule has 2 nitrogen and oxygen atoms in total. The van der Waals surface area contributed by atoms with Crippen LogP contribution in [0.5, 0.6) is 0 Å². The van der Waals surface area contributed by atoms with E-state index in [1.165, 1.54) is 21.9 Å². The lowest BCUT2D eigenvalue weighted by molar-refractivity contribution is 0.0697. The summed E-state index contributed by atoms with van der Waals surface area (Å²) in [4.78, 5) is 11.1. The summed E-state index contributed by atoms with van der Waals surface area (Å²) < 4.78 is 0. The summed E-state index contributed by atoms with van der Waals surface area (Å²) in [7, 11) is 0. The summed E-state index contributed by atoms with van der Waals surface area (Å²) in [5.74, 6) is -0.899. The molecule has 26 heavy (non-hydrogen) atoms. The number of hydrogen-bond acceptors (Lipinski definition) is 1. The number of rotatable bonds is 5. The van der Waals surface area contributed by atoms with Gasteiger partial charge in [-0.15, -0.1) is 0 Å². The highest BCUT2D eigenvalue weighted by atomic mass is 16.4. The van der Waals surface area contributed by atoms with Gasteiger partial charge in [-0.05, 0) is 59.9 Å². The summed E-state index contributed by atoms with van der Waals surface area (Å²) in [6, 6.07) is 19.9. The van der Waals surface area contributed by atoms with Crippen LogP contribution in [0.1, 0.15) is 40.9 Å². The first kappa shape index (κ1) is 17.9. The molecule has 132 valence electrons. The highest BCUT2D eigenvalue weighted by molar-refractivity contribution is 5.89. The van der Waals surface area contributed by atoms with E-state index in [2.05, 4.69) is 63.7 Å². The predicted octanol–water partition coefficient (Wildman–Crippen LogP) is 5.92. The van der Waals surface area contributed by atoms with Crippen molar-refractivity contribution in [3.63, 3.8) is 0 Å². The molecule has 0 saturated carbocycles. The Morgan fingerprint density at radius 2 is 1.69 bits per heavy atom. The third-order valence-electron chi connectivity index (χ3n) is 5.39. The fourth-order valence-corrected chi connectivity index (χ4v) is 3.74. The second-order valence-corrected chi connectivity index (χ2v) is 7.27. The third-order valence-corrected chi connectivity index (χ3v) is 5.39. The van der Waals surface area contributed by atoms with Crippen LogP contribution in [0.2, 0.25) is 0 Å². The fourth-order valence-electron chi connectivity index (χ4n) is 3.74. The third kappa shape index (κ3) is 3.15. The van der Waals surface area contributed by atoms with E-state index in [1.54, 1.807) is 12.1 Å². The Morgan fingerprint density at radius 3 is 2.31 bits per heavy atom. The van der Waals surface area contributed by atoms with Crippen LogP contribution in [0.4, 0.5) is 0 Å². The minimum absolute atomic E-state index is 0.240. The van der Waals surface area contributed by atoms with E-state index in [0.717, 1.165) is 17.6 Å². The lowest BCUT2D eigenvalue weighted by atomic mass is 9.69. The first-order chi connectivity index (χ1) is 12.3. The Bertz CT molecular complexity index is 983. The largest absolute Gasteiger partial charge is 0.478 e. The van der Waals surface area contributed by atoms with Gasteiger partial charge in [0.25, 0.3) is 0 Å². The number of allylic oxidation sites excluding steroid dienone is 1. The van der Waals surface area contributed by atoms with E-state index in [0.29, 0.717) is 5.56 Å². The normalized spacial score (nSPS) is 13.3. The van der Waals surface area contributed by atoms with E-state index in [-0.39, 0.29) is 5.41 Å². The summed E-state index contributed by atoms with van der Waals surface area (Å²) in [5.41, 5.74) is 4.82. The molecule has 1 N–H and O–H groups in total. The van der Waals surface area contributed by atoms with Crippen molar-refractivity contribution in [2.45, 2.75) is 32.6 Å². The van der Waals surface area contributed by atoms with Crippen LogP contribution in [0, 0.1) is 6.92 Å². The number of carboxylic acid groups (broad SMARTS) is 1. The molecule has 3 aromatic rings. The Morgan fingerprint density at radius 1 is 1.04 bits per heavy atom. The van der Waals surface area contributed by atoms with Crippen molar-refractivity contribution in [1.82, 2.24) is 0 Å². The van der Waals surface area contributed by atoms with Crippen LogP contribution < -0.4 is 0 Å². The first-order valence-electron chi connectivity index (χ1n) is 8.80. The molecule has 0 aliphatic carbocycles. The van der Waals surface area contributed by atoms with Crippen LogP contribution in [-0.2, 0) is 11.8 Å². The van der Waals surface area contributed by atoms with Crippen molar-refractivity contribution in [2.24, 2.45) is 0 Å². The van der Waals surface area contributed by atoms with Gasteiger partial charge >= 0.3 is 5.97 Å². The quantitative estimate of drug-likeness (QED) is 0.583. The van der Waals surface area contributed by atoms with Crippen molar-refractivity contribution in [2.75, 3.05) is 0 Å². The zero-order chi connectivity index (χ0) is 18.9. The summed E-state index contributed by atoms with van der Waals surface area (Å²) in [6.07, 6.45) is 0.775. The molecule has 2 heteroatoms.